The van der Waals surface area contributed by atoms with Crippen molar-refractivity contribution in [3.8, 4) is 22.7 Å². The van der Waals surface area contributed by atoms with Gasteiger partial charge in [-0.3, -0.25) is 5.10 Å². The summed E-state index contributed by atoms with van der Waals surface area (Å²) in [4.78, 5) is 0. The average Bonchev–Trinajstić information content (AvgIpc) is 3.09. The van der Waals surface area contributed by atoms with Gasteiger partial charge in [0.15, 0.2) is 0 Å². The van der Waals surface area contributed by atoms with E-state index < -0.39 is 0 Å². The van der Waals surface area contributed by atoms with Crippen LogP contribution in [-0.4, -0.2) is 27.1 Å². The van der Waals surface area contributed by atoms with Crippen LogP contribution in [0.1, 0.15) is 0 Å². The second-order valence-electron chi connectivity index (χ2n) is 3.93. The first-order valence-corrected chi connectivity index (χ1v) is 6.04. The van der Waals surface area contributed by atoms with Gasteiger partial charge in [-0.05, 0) is 24.3 Å². The SMILES string of the molecule is COc1ccc(Cl)cc1-c1[nH]ncc1-n1cccn1. The van der Waals surface area contributed by atoms with E-state index in [-0.39, 0.29) is 0 Å². The number of rotatable bonds is 3. The highest BCUT2D eigenvalue weighted by atomic mass is 35.5. The third-order valence-corrected chi connectivity index (χ3v) is 3.04. The normalized spacial score (nSPS) is 10.6. The number of methoxy groups -OCH3 is 1. The predicted octanol–water partition coefficient (Wildman–Crippen LogP) is 2.92. The van der Waals surface area contributed by atoms with Crippen molar-refractivity contribution in [1.29, 1.82) is 0 Å². The van der Waals surface area contributed by atoms with Crippen molar-refractivity contribution in [2.24, 2.45) is 0 Å². The van der Waals surface area contributed by atoms with Crippen LogP contribution in [0.5, 0.6) is 5.75 Å². The molecule has 6 heteroatoms. The lowest BCUT2D eigenvalue weighted by molar-refractivity contribution is 0.416. The zero-order chi connectivity index (χ0) is 13.2. The van der Waals surface area contributed by atoms with Crippen LogP contribution in [0, 0.1) is 0 Å². The van der Waals surface area contributed by atoms with E-state index in [4.69, 9.17) is 16.3 Å². The van der Waals surface area contributed by atoms with Gasteiger partial charge in [-0.1, -0.05) is 11.6 Å². The molecule has 19 heavy (non-hydrogen) atoms. The minimum absolute atomic E-state index is 0.636. The predicted molar refractivity (Wildman–Crippen MR) is 72.7 cm³/mol. The Kier molecular flexibility index (Phi) is 2.97. The fourth-order valence-corrected chi connectivity index (χ4v) is 2.11. The minimum Gasteiger partial charge on any atom is -0.496 e. The van der Waals surface area contributed by atoms with Crippen LogP contribution in [0.25, 0.3) is 16.9 Å². The molecule has 96 valence electrons. The fourth-order valence-electron chi connectivity index (χ4n) is 1.94. The molecule has 2 aromatic heterocycles. The van der Waals surface area contributed by atoms with Gasteiger partial charge in [0.05, 0.1) is 19.0 Å². The van der Waals surface area contributed by atoms with E-state index in [2.05, 4.69) is 15.3 Å². The molecule has 0 saturated heterocycles. The highest BCUT2D eigenvalue weighted by Crippen LogP contribution is 2.34. The van der Waals surface area contributed by atoms with Crippen LogP contribution in [-0.2, 0) is 0 Å². The summed E-state index contributed by atoms with van der Waals surface area (Å²) in [5.74, 6) is 0.724. The van der Waals surface area contributed by atoms with Gasteiger partial charge in [0.1, 0.15) is 11.4 Å². The van der Waals surface area contributed by atoms with Gasteiger partial charge in [-0.25, -0.2) is 4.68 Å². The van der Waals surface area contributed by atoms with Crippen LogP contribution >= 0.6 is 11.6 Å². The molecule has 5 nitrogen and oxygen atoms in total. The van der Waals surface area contributed by atoms with Gasteiger partial charge in [0.25, 0.3) is 0 Å². The van der Waals surface area contributed by atoms with E-state index in [1.165, 1.54) is 0 Å². The molecule has 0 atom stereocenters. The number of hydrogen-bond acceptors (Lipinski definition) is 3. The fraction of sp³-hybridized carbons (Fsp3) is 0.0769. The third-order valence-electron chi connectivity index (χ3n) is 2.80. The number of ether oxygens (including phenoxy) is 1. The molecule has 0 radical (unpaired) electrons. The van der Waals surface area contributed by atoms with Gasteiger partial charge in [0.2, 0.25) is 0 Å². The molecule has 2 heterocycles. The molecular formula is C13H11ClN4O. The highest BCUT2D eigenvalue weighted by Gasteiger charge is 2.14. The van der Waals surface area contributed by atoms with Gasteiger partial charge in [0, 0.05) is 23.0 Å². The van der Waals surface area contributed by atoms with Crippen molar-refractivity contribution >= 4 is 11.6 Å². The van der Waals surface area contributed by atoms with Crippen molar-refractivity contribution in [2.45, 2.75) is 0 Å². The van der Waals surface area contributed by atoms with Crippen molar-refractivity contribution in [3.05, 3.63) is 47.9 Å². The summed E-state index contributed by atoms with van der Waals surface area (Å²) in [6.07, 6.45) is 5.28. The lowest BCUT2D eigenvalue weighted by Gasteiger charge is -2.09. The molecule has 0 bridgehead atoms. The van der Waals surface area contributed by atoms with Gasteiger partial charge in [-0.2, -0.15) is 10.2 Å². The molecule has 0 fully saturated rings. The first-order valence-electron chi connectivity index (χ1n) is 5.67. The van der Waals surface area contributed by atoms with Crippen LogP contribution < -0.4 is 4.74 Å². The summed E-state index contributed by atoms with van der Waals surface area (Å²) in [7, 11) is 1.62. The highest BCUT2D eigenvalue weighted by molar-refractivity contribution is 6.31. The number of halogens is 1. The van der Waals surface area contributed by atoms with E-state index in [0.717, 1.165) is 22.7 Å². The summed E-state index contributed by atoms with van der Waals surface area (Å²) in [6.45, 7) is 0. The van der Waals surface area contributed by atoms with Crippen molar-refractivity contribution in [1.82, 2.24) is 20.0 Å². The van der Waals surface area contributed by atoms with Crippen LogP contribution in [0.15, 0.2) is 42.9 Å². The van der Waals surface area contributed by atoms with Crippen LogP contribution in [0.4, 0.5) is 0 Å². The standard InChI is InChI=1S/C13H11ClN4O/c1-19-12-4-3-9(14)7-10(12)13-11(8-15-17-13)18-6-2-5-16-18/h2-8H,1H3,(H,15,17). The summed E-state index contributed by atoms with van der Waals surface area (Å²) in [5.41, 5.74) is 2.49. The molecule has 3 aromatic rings. The smallest absolute Gasteiger partial charge is 0.128 e. The van der Waals surface area contributed by atoms with Gasteiger partial charge >= 0.3 is 0 Å². The van der Waals surface area contributed by atoms with Gasteiger partial charge in [-0.15, -0.1) is 0 Å². The number of nitrogens with one attached hydrogen (secondary N) is 1. The lowest BCUT2D eigenvalue weighted by Crippen LogP contribution is -1.96. The van der Waals surface area contributed by atoms with Crippen molar-refractivity contribution in [2.75, 3.05) is 7.11 Å². The Bertz CT molecular complexity index is 690. The molecule has 3 rings (SSSR count). The number of nitrogens with zero attached hydrogens (tertiary/aromatic N) is 3. The topological polar surface area (TPSA) is 55.7 Å². The Morgan fingerprint density at radius 2 is 2.26 bits per heavy atom. The van der Waals surface area contributed by atoms with E-state index >= 15 is 0 Å². The summed E-state index contributed by atoms with van der Waals surface area (Å²) < 4.78 is 7.10. The van der Waals surface area contributed by atoms with E-state index in [9.17, 15) is 0 Å². The Morgan fingerprint density at radius 1 is 1.37 bits per heavy atom. The first-order chi connectivity index (χ1) is 9.29. The Hall–Kier alpha value is -2.27. The monoisotopic (exact) mass is 274 g/mol. The number of aromatic nitrogens is 4. The van der Waals surface area contributed by atoms with E-state index in [1.54, 1.807) is 30.3 Å². The Labute approximate surface area is 114 Å². The average molecular weight is 275 g/mol. The molecule has 0 aliphatic carbocycles. The second kappa shape index (κ2) is 4.78. The largest absolute Gasteiger partial charge is 0.496 e. The summed E-state index contributed by atoms with van der Waals surface area (Å²) >= 11 is 6.06. The van der Waals surface area contributed by atoms with Crippen LogP contribution in [0.3, 0.4) is 0 Å². The molecule has 0 amide bonds. The van der Waals surface area contributed by atoms with E-state index in [0.29, 0.717) is 5.02 Å². The minimum atomic E-state index is 0.636. The first kappa shape index (κ1) is 11.8. The van der Waals surface area contributed by atoms with E-state index in [1.807, 2.05) is 24.4 Å². The molecule has 0 spiro atoms. The molecule has 0 aliphatic rings. The zero-order valence-corrected chi connectivity index (χ0v) is 10.9. The molecule has 0 aliphatic heterocycles. The Balaban J connectivity index is 2.18. The zero-order valence-electron chi connectivity index (χ0n) is 10.2. The van der Waals surface area contributed by atoms with Crippen LogP contribution in [0.2, 0.25) is 5.02 Å². The molecular weight excluding hydrogens is 264 g/mol. The third kappa shape index (κ3) is 2.08. The molecule has 1 N–H and O–H groups in total. The second-order valence-corrected chi connectivity index (χ2v) is 4.36. The molecule has 0 saturated carbocycles. The quantitative estimate of drug-likeness (QED) is 0.799. The molecule has 1 aromatic carbocycles. The summed E-state index contributed by atoms with van der Waals surface area (Å²) in [6, 6.07) is 7.30. The lowest BCUT2D eigenvalue weighted by atomic mass is 10.1. The Morgan fingerprint density at radius 3 is 3.00 bits per heavy atom. The maximum Gasteiger partial charge on any atom is 0.128 e. The van der Waals surface area contributed by atoms with Crippen molar-refractivity contribution < 1.29 is 4.74 Å². The number of benzene rings is 1. The molecule has 0 unspecified atom stereocenters. The van der Waals surface area contributed by atoms with Crippen molar-refractivity contribution in [3.63, 3.8) is 0 Å². The summed E-state index contributed by atoms with van der Waals surface area (Å²) in [5, 5.41) is 11.9. The maximum absolute atomic E-state index is 6.06. The van der Waals surface area contributed by atoms with Gasteiger partial charge < -0.3 is 4.74 Å². The number of hydrogen-bond donors (Lipinski definition) is 1. The number of H-pyrrole nitrogens is 1. The number of aromatic amines is 1. The maximum atomic E-state index is 6.06.